The van der Waals surface area contributed by atoms with Crippen LogP contribution in [0.3, 0.4) is 0 Å². The molecule has 0 N–H and O–H groups in total. The van der Waals surface area contributed by atoms with Gasteiger partial charge in [-0.3, -0.25) is 9.97 Å². The molecule has 0 unspecified atom stereocenters. The first-order valence-corrected chi connectivity index (χ1v) is 21.3. The number of rotatable bonds is 8. The van der Waals surface area contributed by atoms with E-state index in [1.54, 1.807) is 0 Å². The lowest BCUT2D eigenvalue weighted by Crippen LogP contribution is -2.01. The molecule has 4 aromatic heterocycles. The standard InChI is InChI=1S/C57H39N7/c1-36-14-27-53(59-33-36)40-19-25-43(26-20-40)56-62-55(42-23-17-39(18-24-42)52-13-7-8-28-58-52)63-57(64-56)47-30-45(38-15-21-41(22-16-38)54-60-34-37(2)35-61-54)29-46(31-47)51-32-44-9-3-4-10-48(44)49-11-5-6-12-50(49)51/h3-35H,1-2H3. The summed E-state index contributed by atoms with van der Waals surface area (Å²) in [5.41, 5.74) is 13.8. The fourth-order valence-corrected chi connectivity index (χ4v) is 8.24. The van der Waals surface area contributed by atoms with Gasteiger partial charge in [-0.15, -0.1) is 0 Å². The lowest BCUT2D eigenvalue weighted by molar-refractivity contribution is 1.07. The number of benzene rings is 7. The summed E-state index contributed by atoms with van der Waals surface area (Å²) in [6.45, 7) is 4.04. The molecule has 302 valence electrons. The lowest BCUT2D eigenvalue weighted by Gasteiger charge is -2.15. The van der Waals surface area contributed by atoms with Gasteiger partial charge in [0, 0.05) is 58.2 Å². The maximum atomic E-state index is 5.26. The van der Waals surface area contributed by atoms with Gasteiger partial charge in [-0.2, -0.15) is 0 Å². The summed E-state index contributed by atoms with van der Waals surface area (Å²) in [5.74, 6) is 2.40. The second-order valence-corrected chi connectivity index (χ2v) is 16.0. The van der Waals surface area contributed by atoms with Crippen LogP contribution < -0.4 is 0 Å². The fraction of sp³-hybridized carbons (Fsp3) is 0.0351. The van der Waals surface area contributed by atoms with Gasteiger partial charge in [-0.25, -0.2) is 24.9 Å². The predicted octanol–water partition coefficient (Wildman–Crippen LogP) is 13.7. The molecule has 7 aromatic carbocycles. The predicted molar refractivity (Wildman–Crippen MR) is 259 cm³/mol. The SMILES string of the molecule is Cc1ccc(-c2ccc(-c3nc(-c4ccc(-c5ccccn5)cc4)nc(-c4cc(-c5ccc(-c6ncc(C)cn6)cc5)cc(-c5cc6ccccc6c6ccccc56)c4)n3)cc2)nc1. The number of aryl methyl sites for hydroxylation is 2. The van der Waals surface area contributed by atoms with E-state index in [4.69, 9.17) is 15.0 Å². The third-order valence-electron chi connectivity index (χ3n) is 11.6. The molecule has 0 atom stereocenters. The van der Waals surface area contributed by atoms with E-state index in [1.807, 2.05) is 62.9 Å². The molecule has 0 saturated heterocycles. The van der Waals surface area contributed by atoms with Gasteiger partial charge < -0.3 is 0 Å². The Morgan fingerprint density at radius 3 is 1.42 bits per heavy atom. The Bertz CT molecular complexity index is 3460. The van der Waals surface area contributed by atoms with Gasteiger partial charge in [0.2, 0.25) is 0 Å². The number of pyridine rings is 2. The maximum absolute atomic E-state index is 5.26. The molecule has 0 spiro atoms. The molecule has 0 aliphatic heterocycles. The van der Waals surface area contributed by atoms with Crippen LogP contribution in [0.5, 0.6) is 0 Å². The molecule has 7 nitrogen and oxygen atoms in total. The van der Waals surface area contributed by atoms with E-state index < -0.39 is 0 Å². The largest absolute Gasteiger partial charge is 0.256 e. The van der Waals surface area contributed by atoms with Crippen molar-refractivity contribution in [1.29, 1.82) is 0 Å². The van der Waals surface area contributed by atoms with Crippen molar-refractivity contribution in [2.45, 2.75) is 13.8 Å². The average molecular weight is 822 g/mol. The molecule has 64 heavy (non-hydrogen) atoms. The Morgan fingerprint density at radius 2 is 0.797 bits per heavy atom. The molecule has 0 radical (unpaired) electrons. The van der Waals surface area contributed by atoms with Crippen LogP contribution in [-0.4, -0.2) is 34.9 Å². The summed E-state index contributed by atoms with van der Waals surface area (Å²) < 4.78 is 0. The third-order valence-corrected chi connectivity index (χ3v) is 11.6. The highest BCUT2D eigenvalue weighted by atomic mass is 15.0. The van der Waals surface area contributed by atoms with Gasteiger partial charge >= 0.3 is 0 Å². The van der Waals surface area contributed by atoms with Crippen molar-refractivity contribution in [1.82, 2.24) is 34.9 Å². The number of hydrogen-bond donors (Lipinski definition) is 0. The van der Waals surface area contributed by atoms with Crippen molar-refractivity contribution in [3.05, 3.63) is 212 Å². The number of fused-ring (bicyclic) bond motifs is 3. The molecule has 0 bridgehead atoms. The van der Waals surface area contributed by atoms with E-state index in [0.29, 0.717) is 23.3 Å². The highest BCUT2D eigenvalue weighted by Gasteiger charge is 2.17. The molecule has 0 amide bonds. The Balaban J connectivity index is 1.10. The number of aromatic nitrogens is 7. The van der Waals surface area contributed by atoms with Crippen molar-refractivity contribution < 1.29 is 0 Å². The molecule has 11 aromatic rings. The maximum Gasteiger partial charge on any atom is 0.164 e. The fourth-order valence-electron chi connectivity index (χ4n) is 8.24. The van der Waals surface area contributed by atoms with Gasteiger partial charge in [-0.1, -0.05) is 133 Å². The minimum atomic E-state index is 0.566. The Kier molecular flexibility index (Phi) is 9.82. The van der Waals surface area contributed by atoms with E-state index in [2.05, 4.69) is 172 Å². The lowest BCUT2D eigenvalue weighted by atomic mass is 9.90. The monoisotopic (exact) mass is 821 g/mol. The summed E-state index contributed by atoms with van der Waals surface area (Å²) in [6, 6.07) is 61.2. The van der Waals surface area contributed by atoms with E-state index >= 15 is 0 Å². The summed E-state index contributed by atoms with van der Waals surface area (Å²) in [6.07, 6.45) is 7.40. The molecule has 0 aliphatic carbocycles. The van der Waals surface area contributed by atoms with E-state index in [0.717, 1.165) is 78.1 Å². The Hall–Kier alpha value is -8.55. The summed E-state index contributed by atoms with van der Waals surface area (Å²) in [5, 5.41) is 4.77. The minimum Gasteiger partial charge on any atom is -0.256 e. The first-order chi connectivity index (χ1) is 31.5. The normalized spacial score (nSPS) is 11.3. The summed E-state index contributed by atoms with van der Waals surface area (Å²) in [7, 11) is 0. The van der Waals surface area contributed by atoms with Gasteiger partial charge in [0.25, 0.3) is 0 Å². The minimum absolute atomic E-state index is 0.566. The van der Waals surface area contributed by atoms with Crippen LogP contribution in [0.2, 0.25) is 0 Å². The van der Waals surface area contributed by atoms with Crippen molar-refractivity contribution in [2.24, 2.45) is 0 Å². The second kappa shape index (κ2) is 16.4. The average Bonchev–Trinajstić information content (AvgIpc) is 3.37. The van der Waals surface area contributed by atoms with E-state index in [-0.39, 0.29) is 0 Å². The summed E-state index contributed by atoms with van der Waals surface area (Å²) >= 11 is 0. The molecular weight excluding hydrogens is 783 g/mol. The second-order valence-electron chi connectivity index (χ2n) is 16.0. The van der Waals surface area contributed by atoms with Crippen LogP contribution in [0.25, 0.3) is 112 Å². The quantitative estimate of drug-likeness (QED) is 0.141. The zero-order chi connectivity index (χ0) is 43.0. The topological polar surface area (TPSA) is 90.2 Å². The molecule has 7 heteroatoms. The van der Waals surface area contributed by atoms with Crippen molar-refractivity contribution in [2.75, 3.05) is 0 Å². The third kappa shape index (κ3) is 7.56. The zero-order valence-corrected chi connectivity index (χ0v) is 35.2. The Morgan fingerprint density at radius 1 is 0.297 bits per heavy atom. The molecule has 11 rings (SSSR count). The molecule has 0 saturated carbocycles. The molecule has 4 heterocycles. The zero-order valence-electron chi connectivity index (χ0n) is 35.2. The van der Waals surface area contributed by atoms with Gasteiger partial charge in [0.1, 0.15) is 0 Å². The summed E-state index contributed by atoms with van der Waals surface area (Å²) in [4.78, 5) is 34.0. The van der Waals surface area contributed by atoms with Crippen molar-refractivity contribution in [3.8, 4) is 90.3 Å². The number of nitrogens with zero attached hydrogens (tertiary/aromatic N) is 7. The van der Waals surface area contributed by atoms with Crippen LogP contribution in [0.4, 0.5) is 0 Å². The highest BCUT2D eigenvalue weighted by molar-refractivity contribution is 6.14. The van der Waals surface area contributed by atoms with E-state index in [9.17, 15) is 0 Å². The van der Waals surface area contributed by atoms with Crippen LogP contribution in [0, 0.1) is 13.8 Å². The van der Waals surface area contributed by atoms with Crippen molar-refractivity contribution >= 4 is 21.5 Å². The molecular formula is C57H39N7. The van der Waals surface area contributed by atoms with Crippen LogP contribution >= 0.6 is 0 Å². The molecule has 0 aliphatic rings. The first kappa shape index (κ1) is 38.4. The van der Waals surface area contributed by atoms with E-state index in [1.165, 1.54) is 21.5 Å². The van der Waals surface area contributed by atoms with Crippen LogP contribution in [-0.2, 0) is 0 Å². The van der Waals surface area contributed by atoms with Gasteiger partial charge in [0.05, 0.1) is 11.4 Å². The first-order valence-electron chi connectivity index (χ1n) is 21.3. The Labute approximate surface area is 371 Å². The van der Waals surface area contributed by atoms with Gasteiger partial charge in [0.15, 0.2) is 23.3 Å². The molecule has 0 fully saturated rings. The smallest absolute Gasteiger partial charge is 0.164 e. The van der Waals surface area contributed by atoms with Crippen LogP contribution in [0.15, 0.2) is 201 Å². The highest BCUT2D eigenvalue weighted by Crippen LogP contribution is 2.39. The van der Waals surface area contributed by atoms with Gasteiger partial charge in [-0.05, 0) is 111 Å². The number of hydrogen-bond acceptors (Lipinski definition) is 7. The van der Waals surface area contributed by atoms with Crippen molar-refractivity contribution in [3.63, 3.8) is 0 Å². The van der Waals surface area contributed by atoms with Crippen LogP contribution in [0.1, 0.15) is 11.1 Å².